The number of ether oxygens (including phenoxy) is 2. The van der Waals surface area contributed by atoms with Crippen LogP contribution in [-0.2, 0) is 14.3 Å². The molecule has 18 heavy (non-hydrogen) atoms. The highest BCUT2D eigenvalue weighted by molar-refractivity contribution is 5.87. The van der Waals surface area contributed by atoms with Crippen LogP contribution >= 0.6 is 0 Å². The SMILES string of the molecule is C=C(C)C(=O)OC1CC1C(C)(C)OCC(C)(C)O. The predicted molar refractivity (Wildman–Crippen MR) is 69.1 cm³/mol. The number of esters is 1. The van der Waals surface area contributed by atoms with Crippen molar-refractivity contribution in [2.45, 2.75) is 58.3 Å². The summed E-state index contributed by atoms with van der Waals surface area (Å²) in [4.78, 5) is 11.4. The molecule has 4 nitrogen and oxygen atoms in total. The lowest BCUT2D eigenvalue weighted by Gasteiger charge is -2.29. The standard InChI is InChI=1S/C14H24O4/c1-9(2)12(15)18-11-7-10(11)14(5,6)17-8-13(3,4)16/h10-11,16H,1,7-8H2,2-6H3. The number of carbonyl (C=O) groups is 1. The molecule has 0 amide bonds. The Labute approximate surface area is 109 Å². The molecular weight excluding hydrogens is 232 g/mol. The van der Waals surface area contributed by atoms with Gasteiger partial charge in [0.15, 0.2) is 0 Å². The number of carbonyl (C=O) groups excluding carboxylic acids is 1. The Bertz CT molecular complexity index is 338. The summed E-state index contributed by atoms with van der Waals surface area (Å²) in [5.41, 5.74) is -0.841. The van der Waals surface area contributed by atoms with Crippen molar-refractivity contribution in [2.75, 3.05) is 6.61 Å². The fraction of sp³-hybridized carbons (Fsp3) is 0.786. The number of hydrogen-bond acceptors (Lipinski definition) is 4. The summed E-state index contributed by atoms with van der Waals surface area (Å²) >= 11 is 0. The van der Waals surface area contributed by atoms with Crippen molar-refractivity contribution in [3.63, 3.8) is 0 Å². The highest BCUT2D eigenvalue weighted by Crippen LogP contribution is 2.44. The van der Waals surface area contributed by atoms with Gasteiger partial charge in [-0.1, -0.05) is 6.58 Å². The van der Waals surface area contributed by atoms with Gasteiger partial charge >= 0.3 is 5.97 Å². The molecule has 0 heterocycles. The van der Waals surface area contributed by atoms with E-state index in [9.17, 15) is 9.90 Å². The molecule has 1 rings (SSSR count). The van der Waals surface area contributed by atoms with Crippen molar-refractivity contribution in [2.24, 2.45) is 5.92 Å². The van der Waals surface area contributed by atoms with Crippen molar-refractivity contribution in [3.05, 3.63) is 12.2 Å². The maximum Gasteiger partial charge on any atom is 0.333 e. The molecule has 1 aliphatic carbocycles. The molecule has 2 atom stereocenters. The molecule has 0 radical (unpaired) electrons. The molecule has 1 saturated carbocycles. The van der Waals surface area contributed by atoms with Crippen molar-refractivity contribution in [3.8, 4) is 0 Å². The van der Waals surface area contributed by atoms with Crippen LogP contribution in [0.2, 0.25) is 0 Å². The summed E-state index contributed by atoms with van der Waals surface area (Å²) in [5, 5.41) is 9.65. The van der Waals surface area contributed by atoms with Crippen LogP contribution in [0.1, 0.15) is 41.0 Å². The Morgan fingerprint density at radius 2 is 1.94 bits per heavy atom. The molecule has 2 unspecified atom stereocenters. The normalized spacial score (nSPS) is 23.7. The average molecular weight is 256 g/mol. The second kappa shape index (κ2) is 5.02. The lowest BCUT2D eigenvalue weighted by atomic mass is 10.0. The van der Waals surface area contributed by atoms with Crippen LogP contribution in [0.15, 0.2) is 12.2 Å². The van der Waals surface area contributed by atoms with Gasteiger partial charge in [0, 0.05) is 11.5 Å². The van der Waals surface area contributed by atoms with E-state index in [1.54, 1.807) is 20.8 Å². The van der Waals surface area contributed by atoms with E-state index in [1.165, 1.54) is 0 Å². The van der Waals surface area contributed by atoms with E-state index in [2.05, 4.69) is 6.58 Å². The van der Waals surface area contributed by atoms with Gasteiger partial charge in [-0.2, -0.15) is 0 Å². The maximum absolute atomic E-state index is 11.4. The van der Waals surface area contributed by atoms with Gasteiger partial charge in [-0.15, -0.1) is 0 Å². The zero-order valence-electron chi connectivity index (χ0n) is 11.9. The first kappa shape index (κ1) is 15.2. The molecule has 1 N–H and O–H groups in total. The minimum Gasteiger partial charge on any atom is -0.459 e. The first-order valence-corrected chi connectivity index (χ1v) is 6.26. The van der Waals surface area contributed by atoms with Crippen LogP contribution < -0.4 is 0 Å². The van der Waals surface area contributed by atoms with E-state index in [4.69, 9.17) is 9.47 Å². The second-order valence-corrected chi connectivity index (χ2v) is 6.27. The second-order valence-electron chi connectivity index (χ2n) is 6.27. The fourth-order valence-corrected chi connectivity index (χ4v) is 1.74. The molecule has 0 aromatic heterocycles. The summed E-state index contributed by atoms with van der Waals surface area (Å²) in [7, 11) is 0. The quantitative estimate of drug-likeness (QED) is 0.584. The van der Waals surface area contributed by atoms with Gasteiger partial charge in [0.25, 0.3) is 0 Å². The van der Waals surface area contributed by atoms with Gasteiger partial charge in [0.05, 0.1) is 17.8 Å². The van der Waals surface area contributed by atoms with E-state index >= 15 is 0 Å². The van der Waals surface area contributed by atoms with Crippen LogP contribution in [0.4, 0.5) is 0 Å². The number of hydrogen-bond donors (Lipinski definition) is 1. The highest BCUT2D eigenvalue weighted by Gasteiger charge is 2.51. The summed E-state index contributed by atoms with van der Waals surface area (Å²) in [5.74, 6) is -0.163. The molecule has 0 saturated heterocycles. The van der Waals surface area contributed by atoms with Crippen LogP contribution in [0.25, 0.3) is 0 Å². The van der Waals surface area contributed by atoms with Crippen molar-refractivity contribution in [1.29, 1.82) is 0 Å². The van der Waals surface area contributed by atoms with Crippen LogP contribution in [0.3, 0.4) is 0 Å². The minimum absolute atomic E-state index is 0.0917. The van der Waals surface area contributed by atoms with Crippen molar-refractivity contribution < 1.29 is 19.4 Å². The lowest BCUT2D eigenvalue weighted by Crippen LogP contribution is -2.36. The molecule has 4 heteroatoms. The lowest BCUT2D eigenvalue weighted by molar-refractivity contribution is -0.143. The third-order valence-corrected chi connectivity index (χ3v) is 3.03. The van der Waals surface area contributed by atoms with Gasteiger partial charge in [0.1, 0.15) is 6.10 Å². The Hall–Kier alpha value is -0.870. The van der Waals surface area contributed by atoms with E-state index in [0.717, 1.165) is 6.42 Å². The first-order chi connectivity index (χ1) is 8.03. The Morgan fingerprint density at radius 3 is 2.39 bits per heavy atom. The van der Waals surface area contributed by atoms with E-state index in [0.29, 0.717) is 5.57 Å². The average Bonchev–Trinajstić information content (AvgIpc) is 2.94. The molecule has 104 valence electrons. The minimum atomic E-state index is -0.851. The third kappa shape index (κ3) is 4.42. The molecule has 1 fully saturated rings. The number of aliphatic hydroxyl groups is 1. The largest absolute Gasteiger partial charge is 0.459 e. The summed E-state index contributed by atoms with van der Waals surface area (Å²) in [6, 6.07) is 0. The summed E-state index contributed by atoms with van der Waals surface area (Å²) in [6.07, 6.45) is 0.712. The van der Waals surface area contributed by atoms with Crippen molar-refractivity contribution >= 4 is 5.97 Å². The Morgan fingerprint density at radius 1 is 1.39 bits per heavy atom. The first-order valence-electron chi connectivity index (χ1n) is 6.26. The zero-order valence-corrected chi connectivity index (χ0v) is 11.9. The maximum atomic E-state index is 11.4. The highest BCUT2D eigenvalue weighted by atomic mass is 16.6. The molecule has 0 aromatic carbocycles. The summed E-state index contributed by atoms with van der Waals surface area (Å²) in [6.45, 7) is 12.8. The molecule has 0 aliphatic heterocycles. The van der Waals surface area contributed by atoms with Gasteiger partial charge in [-0.25, -0.2) is 4.79 Å². The van der Waals surface area contributed by atoms with Gasteiger partial charge < -0.3 is 14.6 Å². The molecular formula is C14H24O4. The Kier molecular flexibility index (Phi) is 4.23. The van der Waals surface area contributed by atoms with E-state index in [-0.39, 0.29) is 24.6 Å². The van der Waals surface area contributed by atoms with Gasteiger partial charge in [0.2, 0.25) is 0 Å². The molecule has 1 aliphatic rings. The molecule has 0 spiro atoms. The fourth-order valence-electron chi connectivity index (χ4n) is 1.74. The van der Waals surface area contributed by atoms with Crippen LogP contribution in [0, 0.1) is 5.92 Å². The van der Waals surface area contributed by atoms with E-state index in [1.807, 2.05) is 13.8 Å². The van der Waals surface area contributed by atoms with Gasteiger partial charge in [-0.05, 0) is 41.0 Å². The zero-order chi connectivity index (χ0) is 14.1. The predicted octanol–water partition coefficient (Wildman–Crippen LogP) is 2.06. The molecule has 0 aromatic rings. The van der Waals surface area contributed by atoms with Crippen LogP contribution in [-0.4, -0.2) is 35.0 Å². The Balaban J connectivity index is 2.43. The molecule has 0 bridgehead atoms. The third-order valence-electron chi connectivity index (χ3n) is 3.03. The van der Waals surface area contributed by atoms with Crippen molar-refractivity contribution in [1.82, 2.24) is 0 Å². The van der Waals surface area contributed by atoms with E-state index < -0.39 is 11.2 Å². The smallest absolute Gasteiger partial charge is 0.333 e. The topological polar surface area (TPSA) is 55.8 Å². The van der Waals surface area contributed by atoms with Crippen LogP contribution in [0.5, 0.6) is 0 Å². The monoisotopic (exact) mass is 256 g/mol. The van der Waals surface area contributed by atoms with Gasteiger partial charge in [-0.3, -0.25) is 0 Å². The number of rotatable bonds is 6. The summed E-state index contributed by atoms with van der Waals surface area (Å²) < 4.78 is 11.0.